The van der Waals surface area contributed by atoms with Gasteiger partial charge in [0.25, 0.3) is 0 Å². The zero-order valence-corrected chi connectivity index (χ0v) is 12.7. The molecule has 2 atom stereocenters. The van der Waals surface area contributed by atoms with Crippen molar-refractivity contribution in [3.63, 3.8) is 0 Å². The van der Waals surface area contributed by atoms with Crippen LogP contribution < -0.4 is 10.6 Å². The van der Waals surface area contributed by atoms with Crippen LogP contribution >= 0.6 is 0 Å². The number of carbonyl (C=O) groups excluding carboxylic acids is 1. The van der Waals surface area contributed by atoms with Crippen LogP contribution in [0.25, 0.3) is 0 Å². The molecule has 0 radical (unpaired) electrons. The minimum atomic E-state index is -0.222. The molecule has 1 amide bonds. The number of benzene rings is 1. The molecule has 3 heteroatoms. The molecule has 2 unspecified atom stereocenters. The van der Waals surface area contributed by atoms with E-state index in [0.717, 1.165) is 18.5 Å². The lowest BCUT2D eigenvalue weighted by Gasteiger charge is -2.20. The number of carbonyl (C=O) groups is 1. The molecule has 0 bridgehead atoms. The summed E-state index contributed by atoms with van der Waals surface area (Å²) in [5.74, 6) is 0.0564. The largest absolute Gasteiger partial charge is 0.374 e. The van der Waals surface area contributed by atoms with Crippen molar-refractivity contribution in [2.75, 3.05) is 5.32 Å². The number of rotatable bonds is 6. The maximum Gasteiger partial charge on any atom is 0.242 e. The first-order valence-corrected chi connectivity index (χ1v) is 7.08. The smallest absolute Gasteiger partial charge is 0.242 e. The quantitative estimate of drug-likeness (QED) is 0.825. The van der Waals surface area contributed by atoms with Gasteiger partial charge in [-0.25, -0.2) is 0 Å². The molecule has 0 spiro atoms. The molecule has 3 nitrogen and oxygen atoms in total. The standard InChI is InChI=1S/C16H26N2O/c1-6-7-13(4)17-16(19)14(5)18-15-9-8-11(2)10-12(15)3/h8-10,13-14,18H,6-7H2,1-5H3,(H,17,19). The average Bonchev–Trinajstić information content (AvgIpc) is 2.32. The van der Waals surface area contributed by atoms with Gasteiger partial charge in [-0.05, 0) is 45.7 Å². The fraction of sp³-hybridized carbons (Fsp3) is 0.562. The Bertz CT molecular complexity index is 429. The van der Waals surface area contributed by atoms with Gasteiger partial charge in [0.2, 0.25) is 5.91 Å². The Labute approximate surface area is 116 Å². The second-order valence-corrected chi connectivity index (χ2v) is 5.38. The van der Waals surface area contributed by atoms with Crippen molar-refractivity contribution in [1.29, 1.82) is 0 Å². The molecule has 0 saturated carbocycles. The van der Waals surface area contributed by atoms with Crippen molar-refractivity contribution in [2.24, 2.45) is 0 Å². The Morgan fingerprint density at radius 1 is 1.26 bits per heavy atom. The molecule has 1 aromatic rings. The van der Waals surface area contributed by atoms with Crippen molar-refractivity contribution in [3.8, 4) is 0 Å². The number of nitrogens with one attached hydrogen (secondary N) is 2. The van der Waals surface area contributed by atoms with Crippen molar-refractivity contribution in [1.82, 2.24) is 5.32 Å². The van der Waals surface area contributed by atoms with Crippen LogP contribution in [0, 0.1) is 13.8 Å². The van der Waals surface area contributed by atoms with Gasteiger partial charge in [-0.15, -0.1) is 0 Å². The third kappa shape index (κ3) is 4.93. The minimum absolute atomic E-state index is 0.0564. The molecule has 1 rings (SSSR count). The molecule has 106 valence electrons. The topological polar surface area (TPSA) is 41.1 Å². The van der Waals surface area contributed by atoms with E-state index in [-0.39, 0.29) is 18.0 Å². The normalized spacial score (nSPS) is 13.7. The van der Waals surface area contributed by atoms with Crippen LogP contribution in [0.5, 0.6) is 0 Å². The van der Waals surface area contributed by atoms with Crippen molar-refractivity contribution in [2.45, 2.75) is 59.5 Å². The highest BCUT2D eigenvalue weighted by Crippen LogP contribution is 2.17. The summed E-state index contributed by atoms with van der Waals surface area (Å²) < 4.78 is 0. The zero-order valence-electron chi connectivity index (χ0n) is 12.7. The van der Waals surface area contributed by atoms with Crippen LogP contribution in [0.1, 0.15) is 44.7 Å². The zero-order chi connectivity index (χ0) is 14.4. The predicted molar refractivity (Wildman–Crippen MR) is 81.5 cm³/mol. The van der Waals surface area contributed by atoms with E-state index in [1.807, 2.05) is 19.9 Å². The van der Waals surface area contributed by atoms with Crippen molar-refractivity contribution < 1.29 is 4.79 Å². The third-order valence-corrected chi connectivity index (χ3v) is 3.26. The lowest BCUT2D eigenvalue weighted by Crippen LogP contribution is -2.42. The van der Waals surface area contributed by atoms with Crippen LogP contribution in [0.2, 0.25) is 0 Å². The van der Waals surface area contributed by atoms with Gasteiger partial charge in [-0.1, -0.05) is 31.0 Å². The summed E-state index contributed by atoms with van der Waals surface area (Å²) in [5, 5.41) is 6.30. The summed E-state index contributed by atoms with van der Waals surface area (Å²) in [5.41, 5.74) is 3.43. The third-order valence-electron chi connectivity index (χ3n) is 3.26. The molecule has 0 fully saturated rings. The maximum absolute atomic E-state index is 12.0. The molecule has 1 aromatic carbocycles. The Kier molecular flexibility index (Phi) is 5.87. The number of amides is 1. The summed E-state index contributed by atoms with van der Waals surface area (Å²) in [6, 6.07) is 6.22. The van der Waals surface area contributed by atoms with Crippen LogP contribution in [0.4, 0.5) is 5.69 Å². The molecule has 19 heavy (non-hydrogen) atoms. The van der Waals surface area contributed by atoms with Crippen LogP contribution in [-0.2, 0) is 4.79 Å². The fourth-order valence-corrected chi connectivity index (χ4v) is 2.15. The predicted octanol–water partition coefficient (Wildman–Crippen LogP) is 3.41. The van der Waals surface area contributed by atoms with Gasteiger partial charge in [0, 0.05) is 11.7 Å². The Morgan fingerprint density at radius 3 is 2.53 bits per heavy atom. The van der Waals surface area contributed by atoms with Gasteiger partial charge in [0.15, 0.2) is 0 Å². The molecule has 0 saturated heterocycles. The van der Waals surface area contributed by atoms with Crippen molar-refractivity contribution in [3.05, 3.63) is 29.3 Å². The Hall–Kier alpha value is -1.51. The van der Waals surface area contributed by atoms with E-state index in [2.05, 4.69) is 43.5 Å². The van der Waals surface area contributed by atoms with E-state index in [4.69, 9.17) is 0 Å². The van der Waals surface area contributed by atoms with Gasteiger partial charge in [0.1, 0.15) is 6.04 Å². The first-order chi connectivity index (χ1) is 8.93. The van der Waals surface area contributed by atoms with E-state index in [9.17, 15) is 4.79 Å². The molecule has 0 aromatic heterocycles. The molecular weight excluding hydrogens is 236 g/mol. The van der Waals surface area contributed by atoms with E-state index in [1.165, 1.54) is 11.1 Å². The molecule has 2 N–H and O–H groups in total. The van der Waals surface area contributed by atoms with Gasteiger partial charge >= 0.3 is 0 Å². The molecule has 0 aliphatic carbocycles. The number of anilines is 1. The summed E-state index contributed by atoms with van der Waals surface area (Å²) in [6.07, 6.45) is 2.10. The highest BCUT2D eigenvalue weighted by molar-refractivity contribution is 5.84. The Morgan fingerprint density at radius 2 is 1.95 bits per heavy atom. The summed E-state index contributed by atoms with van der Waals surface area (Å²) in [4.78, 5) is 12.0. The monoisotopic (exact) mass is 262 g/mol. The SMILES string of the molecule is CCCC(C)NC(=O)C(C)Nc1ccc(C)cc1C. The first-order valence-electron chi connectivity index (χ1n) is 7.08. The second kappa shape index (κ2) is 7.17. The molecular formula is C16H26N2O. The van der Waals surface area contributed by atoms with Crippen molar-refractivity contribution >= 4 is 11.6 Å². The van der Waals surface area contributed by atoms with Gasteiger partial charge < -0.3 is 10.6 Å². The number of hydrogen-bond acceptors (Lipinski definition) is 2. The van der Waals surface area contributed by atoms with Crippen LogP contribution in [-0.4, -0.2) is 18.0 Å². The number of aryl methyl sites for hydroxylation is 2. The highest BCUT2D eigenvalue weighted by atomic mass is 16.2. The van der Waals surface area contributed by atoms with Gasteiger partial charge in [0.05, 0.1) is 0 Å². The first kappa shape index (κ1) is 15.5. The Balaban J connectivity index is 2.58. The summed E-state index contributed by atoms with van der Waals surface area (Å²) in [6.45, 7) is 10.2. The lowest BCUT2D eigenvalue weighted by atomic mass is 10.1. The average molecular weight is 262 g/mol. The minimum Gasteiger partial charge on any atom is -0.374 e. The van der Waals surface area contributed by atoms with Gasteiger partial charge in [-0.3, -0.25) is 4.79 Å². The molecule has 0 heterocycles. The molecule has 0 aliphatic rings. The second-order valence-electron chi connectivity index (χ2n) is 5.38. The highest BCUT2D eigenvalue weighted by Gasteiger charge is 2.15. The van der Waals surface area contributed by atoms with E-state index in [1.54, 1.807) is 0 Å². The van der Waals surface area contributed by atoms with E-state index < -0.39 is 0 Å². The van der Waals surface area contributed by atoms with Gasteiger partial charge in [-0.2, -0.15) is 0 Å². The summed E-state index contributed by atoms with van der Waals surface area (Å²) >= 11 is 0. The summed E-state index contributed by atoms with van der Waals surface area (Å²) in [7, 11) is 0. The number of hydrogen-bond donors (Lipinski definition) is 2. The molecule has 0 aliphatic heterocycles. The lowest BCUT2D eigenvalue weighted by molar-refractivity contribution is -0.122. The maximum atomic E-state index is 12.0. The van der Waals surface area contributed by atoms with E-state index >= 15 is 0 Å². The van der Waals surface area contributed by atoms with Crippen LogP contribution in [0.15, 0.2) is 18.2 Å². The fourth-order valence-electron chi connectivity index (χ4n) is 2.15. The van der Waals surface area contributed by atoms with Crippen LogP contribution in [0.3, 0.4) is 0 Å². The van der Waals surface area contributed by atoms with E-state index in [0.29, 0.717) is 0 Å².